The zero-order valence-corrected chi connectivity index (χ0v) is 12.2. The first-order valence-corrected chi connectivity index (χ1v) is 7.07. The van der Waals surface area contributed by atoms with Crippen LogP contribution in [0.15, 0.2) is 42.6 Å². The molecular weight excluding hydrogens is 284 g/mol. The van der Waals surface area contributed by atoms with Crippen LogP contribution in [0.2, 0.25) is 0 Å². The van der Waals surface area contributed by atoms with E-state index < -0.39 is 0 Å². The second-order valence-electron chi connectivity index (χ2n) is 4.81. The van der Waals surface area contributed by atoms with Crippen molar-refractivity contribution >= 4 is 22.6 Å². The number of rotatable bonds is 3. The quantitative estimate of drug-likeness (QED) is 0.693. The van der Waals surface area contributed by atoms with Crippen LogP contribution in [-0.4, -0.2) is 14.5 Å². The van der Waals surface area contributed by atoms with Crippen molar-refractivity contribution in [3.63, 3.8) is 0 Å². The van der Waals surface area contributed by atoms with Crippen LogP contribution in [0.25, 0.3) is 11.0 Å². The topological polar surface area (TPSA) is 54.5 Å². The minimum Gasteiger partial charge on any atom is -0.321 e. The monoisotopic (exact) mass is 296 g/mol. The van der Waals surface area contributed by atoms with Gasteiger partial charge in [-0.25, -0.2) is 4.98 Å². The van der Waals surface area contributed by atoms with Gasteiger partial charge in [0, 0.05) is 6.20 Å². The Kier molecular flexibility index (Phi) is 3.59. The summed E-state index contributed by atoms with van der Waals surface area (Å²) < 4.78 is 2.02. The number of benzene rings is 1. The minimum atomic E-state index is -0.216. The van der Waals surface area contributed by atoms with Crippen LogP contribution in [-0.2, 0) is 6.54 Å². The van der Waals surface area contributed by atoms with Gasteiger partial charge in [0.15, 0.2) is 0 Å². The zero-order valence-electron chi connectivity index (χ0n) is 11.5. The fourth-order valence-corrected chi connectivity index (χ4v) is 2.50. The molecule has 1 atom stereocenters. The van der Waals surface area contributed by atoms with Gasteiger partial charge in [-0.3, -0.25) is 4.98 Å². The van der Waals surface area contributed by atoms with E-state index in [9.17, 15) is 0 Å². The number of hydrogen-bond donors (Lipinski definition) is 0. The van der Waals surface area contributed by atoms with Crippen LogP contribution in [0, 0.1) is 11.3 Å². The molecule has 104 valence electrons. The SMILES string of the molecule is CC(Cl)c1nc2ccc(C#N)cc2n1Cc1ccccn1. The van der Waals surface area contributed by atoms with Crippen molar-refractivity contribution in [1.82, 2.24) is 14.5 Å². The van der Waals surface area contributed by atoms with E-state index in [-0.39, 0.29) is 5.38 Å². The van der Waals surface area contributed by atoms with E-state index in [1.165, 1.54) is 0 Å². The highest BCUT2D eigenvalue weighted by Gasteiger charge is 2.15. The largest absolute Gasteiger partial charge is 0.321 e. The van der Waals surface area contributed by atoms with E-state index in [0.29, 0.717) is 12.1 Å². The first kappa shape index (κ1) is 13.6. The number of fused-ring (bicyclic) bond motifs is 1. The van der Waals surface area contributed by atoms with E-state index in [0.717, 1.165) is 22.6 Å². The molecule has 5 heteroatoms. The van der Waals surface area contributed by atoms with Crippen LogP contribution < -0.4 is 0 Å². The van der Waals surface area contributed by atoms with Crippen molar-refractivity contribution in [2.45, 2.75) is 18.8 Å². The lowest BCUT2D eigenvalue weighted by Gasteiger charge is -2.10. The van der Waals surface area contributed by atoms with Gasteiger partial charge in [0.2, 0.25) is 0 Å². The molecule has 2 aromatic heterocycles. The Bertz CT molecular complexity index is 815. The number of halogens is 1. The molecule has 0 amide bonds. The van der Waals surface area contributed by atoms with Gasteiger partial charge in [-0.05, 0) is 37.3 Å². The van der Waals surface area contributed by atoms with Gasteiger partial charge in [-0.1, -0.05) is 6.07 Å². The molecule has 0 aliphatic carbocycles. The molecule has 3 rings (SSSR count). The molecule has 0 N–H and O–H groups in total. The molecule has 0 spiro atoms. The van der Waals surface area contributed by atoms with E-state index in [2.05, 4.69) is 16.0 Å². The molecular formula is C16H13ClN4. The number of aromatic nitrogens is 3. The Balaban J connectivity index is 2.17. The molecule has 1 unspecified atom stereocenters. The summed E-state index contributed by atoms with van der Waals surface area (Å²) in [5.41, 5.74) is 3.28. The summed E-state index contributed by atoms with van der Waals surface area (Å²) in [6, 6.07) is 13.4. The van der Waals surface area contributed by atoms with Crippen molar-refractivity contribution in [3.05, 3.63) is 59.7 Å². The van der Waals surface area contributed by atoms with E-state index in [1.54, 1.807) is 12.3 Å². The molecule has 3 aromatic rings. The Morgan fingerprint density at radius 2 is 2.19 bits per heavy atom. The van der Waals surface area contributed by atoms with Gasteiger partial charge in [0.05, 0.1) is 40.3 Å². The van der Waals surface area contributed by atoms with Gasteiger partial charge in [0.1, 0.15) is 5.82 Å². The maximum atomic E-state index is 9.08. The highest BCUT2D eigenvalue weighted by Crippen LogP contribution is 2.26. The lowest BCUT2D eigenvalue weighted by molar-refractivity contribution is 0.727. The number of nitriles is 1. The van der Waals surface area contributed by atoms with Gasteiger partial charge in [-0.2, -0.15) is 5.26 Å². The highest BCUT2D eigenvalue weighted by molar-refractivity contribution is 6.20. The second-order valence-corrected chi connectivity index (χ2v) is 5.46. The molecule has 1 aromatic carbocycles. The lowest BCUT2D eigenvalue weighted by Crippen LogP contribution is -2.07. The summed E-state index contributed by atoms with van der Waals surface area (Å²) in [6.45, 7) is 2.47. The normalized spacial score (nSPS) is 12.2. The second kappa shape index (κ2) is 5.55. The summed E-state index contributed by atoms with van der Waals surface area (Å²) in [7, 11) is 0. The predicted molar refractivity (Wildman–Crippen MR) is 82.1 cm³/mol. The Labute approximate surface area is 127 Å². The fourth-order valence-electron chi connectivity index (χ4n) is 2.33. The third-order valence-corrected chi connectivity index (χ3v) is 3.50. The third kappa shape index (κ3) is 2.61. The van der Waals surface area contributed by atoms with Crippen molar-refractivity contribution < 1.29 is 0 Å². The summed E-state index contributed by atoms with van der Waals surface area (Å²) >= 11 is 6.25. The Morgan fingerprint density at radius 1 is 1.33 bits per heavy atom. The van der Waals surface area contributed by atoms with E-state index in [1.807, 2.05) is 41.8 Å². The molecule has 0 aliphatic heterocycles. The maximum Gasteiger partial charge on any atom is 0.128 e. The van der Waals surface area contributed by atoms with Crippen molar-refractivity contribution in [3.8, 4) is 6.07 Å². The van der Waals surface area contributed by atoms with Gasteiger partial charge >= 0.3 is 0 Å². The summed E-state index contributed by atoms with van der Waals surface area (Å²) in [5.74, 6) is 0.785. The molecule has 21 heavy (non-hydrogen) atoms. The molecule has 4 nitrogen and oxygen atoms in total. The number of pyridine rings is 1. The predicted octanol–water partition coefficient (Wildman–Crippen LogP) is 3.65. The van der Waals surface area contributed by atoms with Gasteiger partial charge in [0.25, 0.3) is 0 Å². The molecule has 0 radical (unpaired) electrons. The smallest absolute Gasteiger partial charge is 0.128 e. The number of alkyl halides is 1. The summed E-state index contributed by atoms with van der Waals surface area (Å²) in [5, 5.41) is 8.86. The standard InChI is InChI=1S/C16H13ClN4/c1-11(17)16-20-14-6-5-12(9-18)8-15(14)21(16)10-13-4-2-3-7-19-13/h2-8,11H,10H2,1H3. The molecule has 0 saturated carbocycles. The molecule has 0 aliphatic rings. The number of imidazole rings is 1. The first-order chi connectivity index (χ1) is 10.2. The molecule has 0 saturated heterocycles. The van der Waals surface area contributed by atoms with Gasteiger partial charge in [-0.15, -0.1) is 11.6 Å². The first-order valence-electron chi connectivity index (χ1n) is 6.63. The number of hydrogen-bond acceptors (Lipinski definition) is 3. The lowest BCUT2D eigenvalue weighted by atomic mass is 10.2. The van der Waals surface area contributed by atoms with Crippen LogP contribution in [0.5, 0.6) is 0 Å². The van der Waals surface area contributed by atoms with Crippen LogP contribution >= 0.6 is 11.6 Å². The fraction of sp³-hybridized carbons (Fsp3) is 0.188. The van der Waals surface area contributed by atoms with Gasteiger partial charge < -0.3 is 4.57 Å². The Morgan fingerprint density at radius 3 is 2.86 bits per heavy atom. The van der Waals surface area contributed by atoms with Crippen molar-refractivity contribution in [2.75, 3.05) is 0 Å². The van der Waals surface area contributed by atoms with E-state index >= 15 is 0 Å². The average molecular weight is 297 g/mol. The summed E-state index contributed by atoms with van der Waals surface area (Å²) in [4.78, 5) is 8.92. The van der Waals surface area contributed by atoms with E-state index in [4.69, 9.17) is 16.9 Å². The summed E-state index contributed by atoms with van der Waals surface area (Å²) in [6.07, 6.45) is 1.76. The highest BCUT2D eigenvalue weighted by atomic mass is 35.5. The zero-order chi connectivity index (χ0) is 14.8. The van der Waals surface area contributed by atoms with Crippen LogP contribution in [0.4, 0.5) is 0 Å². The Hall–Kier alpha value is -2.38. The van der Waals surface area contributed by atoms with Crippen LogP contribution in [0.3, 0.4) is 0 Å². The van der Waals surface area contributed by atoms with Crippen LogP contribution in [0.1, 0.15) is 29.4 Å². The molecule has 0 bridgehead atoms. The maximum absolute atomic E-state index is 9.08. The molecule has 0 fully saturated rings. The van der Waals surface area contributed by atoms with Crippen molar-refractivity contribution in [2.24, 2.45) is 0 Å². The molecule has 2 heterocycles. The average Bonchev–Trinajstić information content (AvgIpc) is 2.86. The minimum absolute atomic E-state index is 0.216. The number of nitrogens with zero attached hydrogens (tertiary/aromatic N) is 4. The van der Waals surface area contributed by atoms with Crippen molar-refractivity contribution in [1.29, 1.82) is 5.26 Å². The third-order valence-electron chi connectivity index (χ3n) is 3.31.